The van der Waals surface area contributed by atoms with Crippen LogP contribution in [0.1, 0.15) is 128 Å². The number of imidazole rings is 3. The van der Waals surface area contributed by atoms with E-state index in [1.54, 1.807) is 0 Å². The van der Waals surface area contributed by atoms with Crippen molar-refractivity contribution in [3.8, 4) is 0 Å². The topological polar surface area (TPSA) is 431 Å². The molecule has 0 aromatic carbocycles. The van der Waals surface area contributed by atoms with E-state index in [9.17, 15) is 38.8 Å². The smallest absolute Gasteiger partial charge is 0.472 e. The quantitative estimate of drug-likeness (QED) is 0.0258. The molecule has 3 saturated heterocycles. The van der Waals surface area contributed by atoms with E-state index in [0.717, 1.165) is 32.1 Å². The lowest BCUT2D eigenvalue weighted by atomic mass is 9.89. The van der Waals surface area contributed by atoms with Crippen molar-refractivity contribution >= 4 is 72.5 Å². The fourth-order valence-corrected chi connectivity index (χ4v) is 12.2. The number of nitrogens with zero attached hydrogens (tertiary/aromatic N) is 12. The van der Waals surface area contributed by atoms with Gasteiger partial charge in [0.15, 0.2) is 46.9 Å². The van der Waals surface area contributed by atoms with Crippen LogP contribution >= 0.6 is 15.6 Å². The van der Waals surface area contributed by atoms with E-state index in [1.165, 1.54) is 96.6 Å². The Morgan fingerprint density at radius 1 is 0.705 bits per heavy atom. The minimum atomic E-state index is -5.76. The van der Waals surface area contributed by atoms with Crippen LogP contribution in [0.3, 0.4) is 0 Å². The summed E-state index contributed by atoms with van der Waals surface area (Å²) in [5, 5.41) is 25.1. The van der Waals surface area contributed by atoms with Crippen LogP contribution in [0.15, 0.2) is 38.0 Å². The van der Waals surface area contributed by atoms with E-state index in [2.05, 4.69) is 57.1 Å². The number of hydrogen-bond donors (Lipinski definition) is 8. The van der Waals surface area contributed by atoms with Gasteiger partial charge < -0.3 is 66.1 Å². The highest BCUT2D eigenvalue weighted by Gasteiger charge is 2.56. The van der Waals surface area contributed by atoms with Gasteiger partial charge in [-0.2, -0.15) is 0 Å². The molecule has 1 amide bonds. The minimum absolute atomic E-state index is 0.00984. The van der Waals surface area contributed by atoms with Crippen molar-refractivity contribution in [2.75, 3.05) is 30.4 Å². The number of nitrogens with two attached hydrogens (primary N) is 3. The molecule has 3 aliphatic heterocycles. The maximum Gasteiger partial charge on any atom is 0.472 e. The maximum atomic E-state index is 13.9. The Balaban J connectivity index is 0.955. The van der Waals surface area contributed by atoms with Crippen molar-refractivity contribution in [3.63, 3.8) is 0 Å². The molecule has 3 aliphatic rings. The molecular formula is C46H67N16O14P2-. The molecular weight excluding hydrogens is 1060 g/mol. The number of ether oxygens (including phenoxy) is 3. The molecule has 13 atom stereocenters. The summed E-state index contributed by atoms with van der Waals surface area (Å²) >= 11 is 0. The summed E-state index contributed by atoms with van der Waals surface area (Å²) in [6, 6.07) is -1.43. The molecule has 6 aromatic heterocycles. The van der Waals surface area contributed by atoms with Gasteiger partial charge in [-0.1, -0.05) is 84.0 Å². The van der Waals surface area contributed by atoms with E-state index in [1.807, 2.05) is 0 Å². The number of phosphoric acid groups is 2. The van der Waals surface area contributed by atoms with E-state index in [0.29, 0.717) is 6.42 Å². The Bertz CT molecular complexity index is 3070. The minimum Gasteiger partial charge on any atom is -0.756 e. The lowest BCUT2D eigenvalue weighted by Gasteiger charge is -2.36. The highest BCUT2D eigenvalue weighted by atomic mass is 31.2. The maximum absolute atomic E-state index is 13.9. The molecule has 0 aliphatic carbocycles. The SMILES string of the molecule is CCCCCCCCCCCCCCCC(=O)NC1C(O)C(n2cnc3c(N)ncnc32)OC1C(OP(=O)([O-])O)C1CC(COP(=O)(O)OC2CC(CO)OC2n2cnc3c(N)ncnc32)OC1n1cnc2c(N)ncnc21. The summed E-state index contributed by atoms with van der Waals surface area (Å²) in [5.41, 5.74) is 19.3. The van der Waals surface area contributed by atoms with Gasteiger partial charge in [0.1, 0.15) is 66.2 Å². The van der Waals surface area contributed by atoms with Crippen LogP contribution in [-0.4, -0.2) is 140 Å². The number of nitrogen functional groups attached to an aromatic ring is 3. The summed E-state index contributed by atoms with van der Waals surface area (Å²) in [6.45, 7) is 1.07. The first kappa shape index (κ1) is 57.2. The normalized spacial score (nSPS) is 26.5. The molecule has 32 heteroatoms. The molecule has 426 valence electrons. The Morgan fingerprint density at radius 3 is 1.71 bits per heavy atom. The van der Waals surface area contributed by atoms with Crippen molar-refractivity contribution in [2.24, 2.45) is 5.92 Å². The van der Waals surface area contributed by atoms with E-state index < -0.39 is 102 Å². The molecule has 0 radical (unpaired) electrons. The molecule has 11 N–H and O–H groups in total. The predicted molar refractivity (Wildman–Crippen MR) is 274 cm³/mol. The number of carbonyl (C=O) groups excluding carboxylic acids is 1. The number of rotatable bonds is 28. The van der Waals surface area contributed by atoms with Crippen molar-refractivity contribution in [3.05, 3.63) is 38.0 Å². The number of carbonyl (C=O) groups is 1. The van der Waals surface area contributed by atoms with Crippen molar-refractivity contribution in [2.45, 2.75) is 171 Å². The molecule has 9 heterocycles. The van der Waals surface area contributed by atoms with Crippen molar-refractivity contribution in [1.82, 2.24) is 63.9 Å². The van der Waals surface area contributed by atoms with Crippen LogP contribution in [0.2, 0.25) is 0 Å². The fraction of sp³-hybridized carbons (Fsp3) is 0.652. The molecule has 3 fully saturated rings. The molecule has 13 unspecified atom stereocenters. The zero-order valence-corrected chi connectivity index (χ0v) is 44.7. The number of aromatic nitrogens is 12. The van der Waals surface area contributed by atoms with Crippen LogP contribution in [0.4, 0.5) is 17.5 Å². The average Bonchev–Trinajstić information content (AvgIpc) is 4.36. The Kier molecular flexibility index (Phi) is 18.6. The molecule has 78 heavy (non-hydrogen) atoms. The number of nitrogens with one attached hydrogen (secondary N) is 1. The Morgan fingerprint density at radius 2 is 1.19 bits per heavy atom. The highest BCUT2D eigenvalue weighted by molar-refractivity contribution is 7.47. The third-order valence-electron chi connectivity index (χ3n) is 14.4. The standard InChI is InChI=1S/C46H68N16O14P2/c1-2-3-4-5-6-7-8-9-10-11-12-13-14-15-30(64)59-31-35(65)46(62-25-58-34-40(49)52-22-55-43(34)62)74-37(31)36(76-77(66,67)68)28-16-27(73-44(28)60-23-56-32-38(47)50-20-53-41(32)60)19-71-78(69,70)75-29-17-26(18-63)72-45(29)61-24-57-33-39(48)51-21-54-42(33)61/h20-29,31,35-37,44-46,63,65H,2-19H2,1H3,(H,59,64)(H,69,70)(H2,47,50,53)(H2,48,51,54)(H2,49,52,55)(H2,66,67,68)/p-1. The Labute approximate surface area is 447 Å². The average molecular weight is 1130 g/mol. The summed E-state index contributed by atoms with van der Waals surface area (Å²) in [6.07, 6.45) is 9.24. The molecule has 0 spiro atoms. The third-order valence-corrected chi connectivity index (χ3v) is 15.9. The summed E-state index contributed by atoms with van der Waals surface area (Å²) in [7, 11) is -10.8. The predicted octanol–water partition coefficient (Wildman–Crippen LogP) is 3.01. The molecule has 0 saturated carbocycles. The molecule has 30 nitrogen and oxygen atoms in total. The van der Waals surface area contributed by atoms with Crippen LogP contribution < -0.4 is 27.4 Å². The fourth-order valence-electron chi connectivity index (χ4n) is 10.6. The third kappa shape index (κ3) is 13.2. The van der Waals surface area contributed by atoms with Crippen LogP contribution in [-0.2, 0) is 41.7 Å². The second kappa shape index (κ2) is 25.3. The van der Waals surface area contributed by atoms with Gasteiger partial charge in [-0.15, -0.1) is 0 Å². The van der Waals surface area contributed by atoms with E-state index in [4.69, 9.17) is 45.0 Å². The number of amides is 1. The lowest BCUT2D eigenvalue weighted by molar-refractivity contribution is -0.233. The number of anilines is 3. The summed E-state index contributed by atoms with van der Waals surface area (Å²) in [4.78, 5) is 86.6. The molecule has 0 bridgehead atoms. The first-order valence-electron chi connectivity index (χ1n) is 26.3. The van der Waals surface area contributed by atoms with Crippen molar-refractivity contribution < 1.29 is 66.6 Å². The van der Waals surface area contributed by atoms with E-state index in [-0.39, 0.29) is 70.2 Å². The summed E-state index contributed by atoms with van der Waals surface area (Å²) in [5.74, 6) is -1.67. The highest BCUT2D eigenvalue weighted by Crippen LogP contribution is 2.52. The van der Waals surface area contributed by atoms with Gasteiger partial charge in [0.05, 0.1) is 50.4 Å². The number of unbranched alkanes of at least 4 members (excludes halogenated alkanes) is 12. The van der Waals surface area contributed by atoms with Gasteiger partial charge in [0.25, 0.3) is 7.82 Å². The van der Waals surface area contributed by atoms with Crippen LogP contribution in [0.5, 0.6) is 0 Å². The van der Waals surface area contributed by atoms with Gasteiger partial charge in [-0.05, 0) is 12.8 Å². The van der Waals surface area contributed by atoms with Gasteiger partial charge in [0.2, 0.25) is 5.91 Å². The number of aliphatic hydroxyl groups excluding tert-OH is 2. The number of aliphatic hydroxyl groups is 2. The summed E-state index contributed by atoms with van der Waals surface area (Å²) < 4.78 is 67.1. The zero-order chi connectivity index (χ0) is 55.1. The second-order valence-electron chi connectivity index (χ2n) is 19.9. The number of phosphoric ester groups is 2. The monoisotopic (exact) mass is 1130 g/mol. The number of fused-ring (bicyclic) bond motifs is 3. The van der Waals surface area contributed by atoms with Gasteiger partial charge in [-0.3, -0.25) is 32.1 Å². The second-order valence-corrected chi connectivity index (χ2v) is 22.4. The van der Waals surface area contributed by atoms with Gasteiger partial charge in [0, 0.05) is 18.8 Å². The van der Waals surface area contributed by atoms with E-state index >= 15 is 0 Å². The largest absolute Gasteiger partial charge is 0.756 e. The van der Waals surface area contributed by atoms with Gasteiger partial charge >= 0.3 is 7.82 Å². The van der Waals surface area contributed by atoms with Crippen LogP contribution in [0, 0.1) is 5.92 Å². The lowest BCUT2D eigenvalue weighted by Crippen LogP contribution is -2.53. The van der Waals surface area contributed by atoms with Crippen LogP contribution in [0.25, 0.3) is 33.5 Å². The molecule has 9 rings (SSSR count). The first-order chi connectivity index (χ1) is 37.5. The number of hydrogen-bond acceptors (Lipinski definition) is 24. The zero-order valence-electron chi connectivity index (χ0n) is 42.9. The first-order valence-corrected chi connectivity index (χ1v) is 29.2. The van der Waals surface area contributed by atoms with Crippen molar-refractivity contribution in [1.29, 1.82) is 0 Å². The Hall–Kier alpha value is -5.46. The van der Waals surface area contributed by atoms with Gasteiger partial charge in [-0.25, -0.2) is 49.4 Å². The molecule has 6 aromatic rings.